The van der Waals surface area contributed by atoms with E-state index in [0.29, 0.717) is 41.4 Å². The Hall–Kier alpha value is -5.31. The van der Waals surface area contributed by atoms with Crippen LogP contribution in [0, 0.1) is 0 Å². The lowest BCUT2D eigenvalue weighted by atomic mass is 10.2. The van der Waals surface area contributed by atoms with Crippen LogP contribution in [0.4, 0.5) is 16.2 Å². The number of fused-ring (bicyclic) bond motifs is 2. The Morgan fingerprint density at radius 2 is 1.02 bits per heavy atom. The summed E-state index contributed by atoms with van der Waals surface area (Å²) < 4.78 is 57.6. The maximum atomic E-state index is 13.1. The van der Waals surface area contributed by atoms with Gasteiger partial charge >= 0.3 is 6.09 Å². The Kier molecular flexibility index (Phi) is 10.7. The first-order valence-corrected chi connectivity index (χ1v) is 21.3. The van der Waals surface area contributed by atoms with E-state index in [4.69, 9.17) is 4.74 Å². The second kappa shape index (κ2) is 15.4. The molecule has 2 aromatic heterocycles. The lowest BCUT2D eigenvalue weighted by Gasteiger charge is -2.36. The average molecular weight is 783 g/mol. The second-order valence-corrected chi connectivity index (χ2v) is 18.4. The van der Waals surface area contributed by atoms with Crippen LogP contribution in [-0.4, -0.2) is 95.8 Å². The van der Waals surface area contributed by atoms with E-state index < -0.39 is 25.3 Å². The number of piperazine rings is 2. The zero-order valence-electron chi connectivity index (χ0n) is 31.2. The first kappa shape index (κ1) is 38.0. The Labute approximate surface area is 321 Å². The van der Waals surface area contributed by atoms with Gasteiger partial charge in [0.15, 0.2) is 0 Å². The molecule has 0 saturated carbocycles. The van der Waals surface area contributed by atoms with Crippen molar-refractivity contribution in [3.63, 3.8) is 0 Å². The summed E-state index contributed by atoms with van der Waals surface area (Å²) >= 11 is 0. The number of nitrogens with one attached hydrogen (secondary N) is 3. The van der Waals surface area contributed by atoms with E-state index in [-0.39, 0.29) is 15.9 Å². The van der Waals surface area contributed by atoms with Crippen molar-refractivity contribution in [1.29, 1.82) is 0 Å². The predicted molar refractivity (Wildman–Crippen MR) is 215 cm³/mol. The topological polar surface area (TPSA) is 148 Å². The number of anilines is 2. The van der Waals surface area contributed by atoms with Gasteiger partial charge in [0.25, 0.3) is 0 Å². The molecule has 4 aromatic carbocycles. The van der Waals surface area contributed by atoms with Crippen molar-refractivity contribution in [2.75, 3.05) is 62.2 Å². The second-order valence-electron chi connectivity index (χ2n) is 14.5. The molecule has 0 spiro atoms. The molecule has 2 aliphatic heterocycles. The van der Waals surface area contributed by atoms with Gasteiger partial charge in [0.2, 0.25) is 19.7 Å². The van der Waals surface area contributed by atoms with Gasteiger partial charge in [-0.05, 0) is 57.2 Å². The van der Waals surface area contributed by atoms with E-state index in [1.165, 1.54) is 0 Å². The molecule has 0 bridgehead atoms. The molecular formula is C41H46N6O6S2. The molecule has 0 unspecified atom stereocenters. The molecule has 2 aliphatic rings. The van der Waals surface area contributed by atoms with Crippen molar-refractivity contribution < 1.29 is 26.4 Å². The molecule has 14 heteroatoms. The molecule has 0 atom stereocenters. The van der Waals surface area contributed by atoms with Crippen molar-refractivity contribution >= 4 is 58.9 Å². The lowest BCUT2D eigenvalue weighted by Crippen LogP contribution is -2.50. The number of sulfone groups is 2. The summed E-state index contributed by atoms with van der Waals surface area (Å²) in [6.07, 6.45) is 2.87. The Bertz CT molecular complexity index is 2500. The molecule has 6 aromatic rings. The minimum absolute atomic E-state index is 0.267. The van der Waals surface area contributed by atoms with Gasteiger partial charge in [0, 0.05) is 75.5 Å². The average Bonchev–Trinajstić information content (AvgIpc) is 3.85. The number of ether oxygens (including phenoxy) is 1. The Morgan fingerprint density at radius 1 is 0.582 bits per heavy atom. The fraction of sp³-hybridized carbons (Fsp3) is 0.293. The van der Waals surface area contributed by atoms with Gasteiger partial charge in [-0.1, -0.05) is 60.7 Å². The molecule has 55 heavy (non-hydrogen) atoms. The minimum atomic E-state index is -3.63. The van der Waals surface area contributed by atoms with Crippen LogP contribution in [0.2, 0.25) is 0 Å². The summed E-state index contributed by atoms with van der Waals surface area (Å²) in [5.41, 5.74) is 3.13. The SMILES string of the molecule is CC(C)(C)OC(=O)N1CCN(c2cccc3c(S(=O)(=O)c4ccccc4)c[nH]c23)CC1.O=S(=O)(c1ccccc1)c1c[nH]c2c(N3CCNCC3)cccc12. The molecular weight excluding hydrogens is 737 g/mol. The van der Waals surface area contributed by atoms with Crippen LogP contribution in [0.15, 0.2) is 129 Å². The summed E-state index contributed by atoms with van der Waals surface area (Å²) in [7, 11) is -7.16. The lowest BCUT2D eigenvalue weighted by molar-refractivity contribution is 0.0240. The number of aromatic amines is 2. The van der Waals surface area contributed by atoms with E-state index in [1.807, 2.05) is 63.2 Å². The number of hydrogen-bond donors (Lipinski definition) is 3. The van der Waals surface area contributed by atoms with Gasteiger partial charge in [-0.25, -0.2) is 21.6 Å². The highest BCUT2D eigenvalue weighted by Crippen LogP contribution is 2.35. The van der Waals surface area contributed by atoms with Gasteiger partial charge in [-0.3, -0.25) is 0 Å². The van der Waals surface area contributed by atoms with Gasteiger partial charge in [-0.15, -0.1) is 0 Å². The van der Waals surface area contributed by atoms with Crippen molar-refractivity contribution in [3.8, 4) is 0 Å². The maximum absolute atomic E-state index is 13.1. The zero-order chi connectivity index (χ0) is 38.8. The Balaban J connectivity index is 0.000000174. The van der Waals surface area contributed by atoms with E-state index in [9.17, 15) is 21.6 Å². The van der Waals surface area contributed by atoms with Crippen LogP contribution in [0.5, 0.6) is 0 Å². The molecule has 12 nitrogen and oxygen atoms in total. The minimum Gasteiger partial charge on any atom is -0.444 e. The number of nitrogens with zero attached hydrogens (tertiary/aromatic N) is 3. The van der Waals surface area contributed by atoms with Gasteiger partial charge in [0.05, 0.1) is 42.0 Å². The molecule has 288 valence electrons. The summed E-state index contributed by atoms with van der Waals surface area (Å²) in [5.74, 6) is 0. The van der Waals surface area contributed by atoms with Crippen molar-refractivity contribution in [3.05, 3.63) is 109 Å². The first-order valence-electron chi connectivity index (χ1n) is 18.3. The largest absolute Gasteiger partial charge is 0.444 e. The van der Waals surface area contributed by atoms with Gasteiger partial charge in [-0.2, -0.15) is 0 Å². The standard InChI is InChI=1S/C23H27N3O4S.C18H19N3O2S/c1-23(2,3)30-22(27)26-14-12-25(13-15-26)19-11-7-10-18-20(16-24-21(18)19)31(28,29)17-8-5-4-6-9-17;22-24(23,14-5-2-1-3-6-14)17-13-20-18-15(17)7-4-8-16(18)21-11-9-19-10-12-21/h4-11,16,24H,12-15H2,1-3H3;1-8,13,19-20H,9-12H2. The van der Waals surface area contributed by atoms with E-state index in [0.717, 1.165) is 54.0 Å². The van der Waals surface area contributed by atoms with Crippen LogP contribution < -0.4 is 15.1 Å². The molecule has 2 fully saturated rings. The van der Waals surface area contributed by atoms with Crippen LogP contribution in [0.3, 0.4) is 0 Å². The number of hydrogen-bond acceptors (Lipinski definition) is 9. The third-order valence-corrected chi connectivity index (χ3v) is 13.3. The fourth-order valence-corrected chi connectivity index (χ4v) is 9.90. The number of benzene rings is 4. The molecule has 0 aliphatic carbocycles. The Morgan fingerprint density at radius 3 is 1.45 bits per heavy atom. The monoisotopic (exact) mass is 782 g/mol. The maximum Gasteiger partial charge on any atom is 0.410 e. The van der Waals surface area contributed by atoms with Crippen molar-refractivity contribution in [2.45, 2.75) is 46.0 Å². The molecule has 3 N–H and O–H groups in total. The highest BCUT2D eigenvalue weighted by molar-refractivity contribution is 7.92. The quantitative estimate of drug-likeness (QED) is 0.173. The molecule has 8 rings (SSSR count). The fourth-order valence-electron chi connectivity index (χ4n) is 7.01. The van der Waals surface area contributed by atoms with E-state index in [2.05, 4.69) is 25.1 Å². The van der Waals surface area contributed by atoms with E-state index in [1.54, 1.807) is 71.9 Å². The van der Waals surface area contributed by atoms with Crippen molar-refractivity contribution in [1.82, 2.24) is 20.2 Å². The summed E-state index contributed by atoms with van der Waals surface area (Å²) in [6.45, 7) is 11.6. The zero-order valence-corrected chi connectivity index (χ0v) is 32.8. The van der Waals surface area contributed by atoms with Crippen LogP contribution >= 0.6 is 0 Å². The predicted octanol–water partition coefficient (Wildman–Crippen LogP) is 6.47. The highest BCUT2D eigenvalue weighted by atomic mass is 32.2. The highest BCUT2D eigenvalue weighted by Gasteiger charge is 2.28. The smallest absolute Gasteiger partial charge is 0.410 e. The molecule has 0 radical (unpaired) electrons. The van der Waals surface area contributed by atoms with Crippen LogP contribution in [0.1, 0.15) is 20.8 Å². The third kappa shape index (κ3) is 7.93. The first-order chi connectivity index (χ1) is 26.3. The number of H-pyrrole nitrogens is 2. The molecule has 1 amide bonds. The normalized spacial score (nSPS) is 15.5. The number of carbonyl (C=O) groups excluding carboxylic acids is 1. The molecule has 2 saturated heterocycles. The van der Waals surface area contributed by atoms with Crippen LogP contribution in [0.25, 0.3) is 21.8 Å². The number of para-hydroxylation sites is 2. The van der Waals surface area contributed by atoms with Crippen LogP contribution in [-0.2, 0) is 24.4 Å². The summed E-state index contributed by atoms with van der Waals surface area (Å²) in [6, 6.07) is 28.5. The van der Waals surface area contributed by atoms with Gasteiger partial charge < -0.3 is 34.7 Å². The summed E-state index contributed by atoms with van der Waals surface area (Å²) in [4.78, 5) is 26.0. The van der Waals surface area contributed by atoms with Gasteiger partial charge in [0.1, 0.15) is 5.60 Å². The number of amides is 1. The van der Waals surface area contributed by atoms with Crippen molar-refractivity contribution in [2.24, 2.45) is 0 Å². The van der Waals surface area contributed by atoms with E-state index >= 15 is 0 Å². The number of aromatic nitrogens is 2. The summed E-state index contributed by atoms with van der Waals surface area (Å²) in [5, 5.41) is 4.74. The number of carbonyl (C=O) groups is 1. The molecule has 4 heterocycles. The number of rotatable bonds is 6. The third-order valence-electron chi connectivity index (χ3n) is 9.73.